The van der Waals surface area contributed by atoms with Gasteiger partial charge in [0.25, 0.3) is 6.01 Å². The van der Waals surface area contributed by atoms with Crippen molar-refractivity contribution in [3.05, 3.63) is 24.3 Å². The third-order valence-electron chi connectivity index (χ3n) is 4.12. The Bertz CT molecular complexity index is 620. The van der Waals surface area contributed by atoms with Gasteiger partial charge < -0.3 is 19.0 Å². The molecule has 3 rings (SSSR count). The first-order valence-electron chi connectivity index (χ1n) is 7.69. The summed E-state index contributed by atoms with van der Waals surface area (Å²) < 4.78 is 10.8. The number of carbonyl (C=O) groups is 1. The summed E-state index contributed by atoms with van der Waals surface area (Å²) in [4.78, 5) is 20.1. The number of fused-ring (bicyclic) bond motifs is 1. The second-order valence-electron chi connectivity index (χ2n) is 5.49. The highest BCUT2D eigenvalue weighted by molar-refractivity contribution is 8.93. The van der Waals surface area contributed by atoms with Crippen molar-refractivity contribution in [2.24, 2.45) is 0 Å². The summed E-state index contributed by atoms with van der Waals surface area (Å²) in [7, 11) is 2.00. The molecule has 2 aromatic rings. The Morgan fingerprint density at radius 2 is 2.09 bits per heavy atom. The number of carbonyl (C=O) groups excluding carboxylic acids is 1. The first-order chi connectivity index (χ1) is 10.7. The maximum Gasteiger partial charge on any atom is 0.409 e. The van der Waals surface area contributed by atoms with Crippen LogP contribution in [0.4, 0.5) is 10.8 Å². The van der Waals surface area contributed by atoms with Crippen LogP contribution in [0.25, 0.3) is 11.1 Å². The second-order valence-corrected chi connectivity index (χ2v) is 5.49. The highest BCUT2D eigenvalue weighted by atomic mass is 79.9. The van der Waals surface area contributed by atoms with Gasteiger partial charge in [-0.3, -0.25) is 0 Å². The number of anilines is 1. The van der Waals surface area contributed by atoms with Crippen LogP contribution >= 0.6 is 17.0 Å². The molecule has 1 amide bonds. The van der Waals surface area contributed by atoms with Gasteiger partial charge in [-0.05, 0) is 31.9 Å². The largest absolute Gasteiger partial charge is 0.450 e. The number of halogens is 1. The van der Waals surface area contributed by atoms with Crippen LogP contribution in [0.2, 0.25) is 0 Å². The Morgan fingerprint density at radius 3 is 2.74 bits per heavy atom. The molecule has 0 N–H and O–H groups in total. The van der Waals surface area contributed by atoms with E-state index in [2.05, 4.69) is 9.88 Å². The van der Waals surface area contributed by atoms with Crippen molar-refractivity contribution < 1.29 is 13.9 Å². The van der Waals surface area contributed by atoms with E-state index in [0.717, 1.165) is 23.9 Å². The lowest BCUT2D eigenvalue weighted by Crippen LogP contribution is -2.45. The molecule has 0 spiro atoms. The molecule has 1 aromatic carbocycles. The number of benzene rings is 1. The molecule has 1 saturated heterocycles. The highest BCUT2D eigenvalue weighted by Crippen LogP contribution is 2.25. The zero-order chi connectivity index (χ0) is 15.5. The van der Waals surface area contributed by atoms with Crippen molar-refractivity contribution in [3.8, 4) is 0 Å². The lowest BCUT2D eigenvalue weighted by atomic mass is 10.0. The molecule has 1 aliphatic heterocycles. The summed E-state index contributed by atoms with van der Waals surface area (Å²) in [5.74, 6) is 0. The van der Waals surface area contributed by atoms with Crippen LogP contribution < -0.4 is 4.90 Å². The van der Waals surface area contributed by atoms with Crippen molar-refractivity contribution in [1.29, 1.82) is 0 Å². The molecule has 23 heavy (non-hydrogen) atoms. The van der Waals surface area contributed by atoms with E-state index in [4.69, 9.17) is 9.15 Å². The van der Waals surface area contributed by atoms with Crippen LogP contribution in [0.15, 0.2) is 28.7 Å². The van der Waals surface area contributed by atoms with Gasteiger partial charge in [0.15, 0.2) is 5.58 Å². The van der Waals surface area contributed by atoms with E-state index >= 15 is 0 Å². The lowest BCUT2D eigenvalue weighted by molar-refractivity contribution is 0.0969. The first-order valence-corrected chi connectivity index (χ1v) is 7.69. The van der Waals surface area contributed by atoms with Gasteiger partial charge in [-0.15, -0.1) is 17.0 Å². The van der Waals surface area contributed by atoms with E-state index < -0.39 is 0 Å². The van der Waals surface area contributed by atoms with Crippen molar-refractivity contribution in [2.75, 3.05) is 31.6 Å². The molecule has 0 radical (unpaired) electrons. The minimum atomic E-state index is -0.217. The normalized spacial score (nSPS) is 15.3. The number of amides is 1. The van der Waals surface area contributed by atoms with Gasteiger partial charge >= 0.3 is 6.09 Å². The summed E-state index contributed by atoms with van der Waals surface area (Å²) in [5, 5.41) is 0. The molecule has 0 unspecified atom stereocenters. The summed E-state index contributed by atoms with van der Waals surface area (Å²) in [6, 6.07) is 8.71. The van der Waals surface area contributed by atoms with Gasteiger partial charge in [0.05, 0.1) is 6.61 Å². The van der Waals surface area contributed by atoms with E-state index in [1.165, 1.54) is 0 Å². The van der Waals surface area contributed by atoms with Gasteiger partial charge in [-0.2, -0.15) is 4.98 Å². The molecular weight excluding hydrogens is 362 g/mol. The summed E-state index contributed by atoms with van der Waals surface area (Å²) in [6.45, 7) is 3.65. The van der Waals surface area contributed by atoms with Crippen LogP contribution in [0.1, 0.15) is 19.8 Å². The molecule has 1 aliphatic rings. The molecular formula is C16H22BrN3O3. The molecule has 1 fully saturated rings. The molecule has 126 valence electrons. The third kappa shape index (κ3) is 3.77. The standard InChI is InChI=1S/C16H21N3O3.BrH/c1-3-21-16(20)19-10-8-12(9-11-19)18(2)15-17-13-6-4-5-7-14(13)22-15;/h4-7,12H,3,8-11H2,1-2H3;1H. The Balaban J connectivity index is 0.00000192. The average molecular weight is 384 g/mol. The van der Waals surface area contributed by atoms with Crippen molar-refractivity contribution >= 4 is 40.2 Å². The summed E-state index contributed by atoms with van der Waals surface area (Å²) >= 11 is 0. The van der Waals surface area contributed by atoms with Crippen LogP contribution in [0.3, 0.4) is 0 Å². The van der Waals surface area contributed by atoms with Crippen LogP contribution in [0, 0.1) is 0 Å². The van der Waals surface area contributed by atoms with Crippen LogP contribution in [-0.2, 0) is 4.74 Å². The van der Waals surface area contributed by atoms with Crippen molar-refractivity contribution in [1.82, 2.24) is 9.88 Å². The number of aromatic nitrogens is 1. The van der Waals surface area contributed by atoms with E-state index in [1.54, 1.807) is 4.90 Å². The van der Waals surface area contributed by atoms with Gasteiger partial charge in [-0.1, -0.05) is 12.1 Å². The number of rotatable bonds is 3. The molecule has 0 saturated carbocycles. The average Bonchev–Trinajstić information content (AvgIpc) is 2.98. The number of hydrogen-bond acceptors (Lipinski definition) is 5. The van der Waals surface area contributed by atoms with E-state index in [1.807, 2.05) is 38.2 Å². The topological polar surface area (TPSA) is 58.8 Å². The minimum Gasteiger partial charge on any atom is -0.450 e. The fraction of sp³-hybridized carbons (Fsp3) is 0.500. The van der Waals surface area contributed by atoms with Gasteiger partial charge in [0, 0.05) is 26.2 Å². The van der Waals surface area contributed by atoms with Crippen LogP contribution in [-0.4, -0.2) is 48.8 Å². The fourth-order valence-electron chi connectivity index (χ4n) is 2.82. The van der Waals surface area contributed by atoms with Gasteiger partial charge in [0.2, 0.25) is 0 Å². The Labute approximate surface area is 146 Å². The van der Waals surface area contributed by atoms with E-state index in [9.17, 15) is 4.79 Å². The predicted molar refractivity (Wildman–Crippen MR) is 94.4 cm³/mol. The number of oxazole rings is 1. The van der Waals surface area contributed by atoms with Gasteiger partial charge in [-0.25, -0.2) is 4.79 Å². The number of hydrogen-bond donors (Lipinski definition) is 0. The highest BCUT2D eigenvalue weighted by Gasteiger charge is 2.27. The summed E-state index contributed by atoms with van der Waals surface area (Å²) in [5.41, 5.74) is 1.67. The van der Waals surface area contributed by atoms with Gasteiger partial charge in [0.1, 0.15) is 5.52 Å². The zero-order valence-corrected chi connectivity index (χ0v) is 15.1. The van der Waals surface area contributed by atoms with Crippen molar-refractivity contribution in [2.45, 2.75) is 25.8 Å². The summed E-state index contributed by atoms with van der Waals surface area (Å²) in [6.07, 6.45) is 1.55. The van der Waals surface area contributed by atoms with E-state index in [0.29, 0.717) is 31.8 Å². The fourth-order valence-corrected chi connectivity index (χ4v) is 2.82. The SMILES string of the molecule is Br.CCOC(=O)N1CCC(N(C)c2nc3ccccc3o2)CC1. The Kier molecular flexibility index (Phi) is 5.87. The lowest BCUT2D eigenvalue weighted by Gasteiger charge is -2.35. The molecule has 2 heterocycles. The van der Waals surface area contributed by atoms with E-state index in [-0.39, 0.29) is 23.1 Å². The number of nitrogens with zero attached hydrogens (tertiary/aromatic N) is 3. The maximum absolute atomic E-state index is 11.7. The number of ether oxygens (including phenoxy) is 1. The smallest absolute Gasteiger partial charge is 0.409 e. The molecule has 0 bridgehead atoms. The van der Waals surface area contributed by atoms with Crippen molar-refractivity contribution in [3.63, 3.8) is 0 Å². The number of likely N-dealkylation sites (tertiary alicyclic amines) is 1. The molecule has 0 atom stereocenters. The second kappa shape index (κ2) is 7.68. The Morgan fingerprint density at radius 1 is 1.39 bits per heavy atom. The quantitative estimate of drug-likeness (QED) is 0.811. The predicted octanol–water partition coefficient (Wildman–Crippen LogP) is 3.46. The Hall–Kier alpha value is -1.76. The monoisotopic (exact) mass is 383 g/mol. The third-order valence-corrected chi connectivity index (χ3v) is 4.12. The minimum absolute atomic E-state index is 0. The molecule has 6 nitrogen and oxygen atoms in total. The number of para-hydroxylation sites is 2. The first kappa shape index (κ1) is 17.6. The molecule has 7 heteroatoms. The zero-order valence-electron chi connectivity index (χ0n) is 13.4. The van der Waals surface area contributed by atoms with Crippen LogP contribution in [0.5, 0.6) is 0 Å². The molecule has 0 aliphatic carbocycles. The maximum atomic E-state index is 11.7. The molecule has 1 aromatic heterocycles. The number of piperidine rings is 1.